The number of non-ortho nitro benzene ring substituents is 1. The van der Waals surface area contributed by atoms with E-state index in [2.05, 4.69) is 14.9 Å². The van der Waals surface area contributed by atoms with Crippen LogP contribution in [-0.2, 0) is 11.3 Å². The van der Waals surface area contributed by atoms with Gasteiger partial charge in [0.25, 0.3) is 5.69 Å². The number of benzene rings is 1. The second-order valence-electron chi connectivity index (χ2n) is 7.42. The maximum atomic E-state index is 11.1. The summed E-state index contributed by atoms with van der Waals surface area (Å²) in [7, 11) is 0. The molecule has 0 bridgehead atoms. The number of nitrogens with two attached hydrogens (primary N) is 1. The van der Waals surface area contributed by atoms with Gasteiger partial charge in [-0.2, -0.15) is 4.98 Å². The van der Waals surface area contributed by atoms with Crippen LogP contribution in [0.15, 0.2) is 48.9 Å². The molecule has 3 aromatic heterocycles. The van der Waals surface area contributed by atoms with E-state index >= 15 is 0 Å². The zero-order valence-electron chi connectivity index (χ0n) is 17.1. The molecular weight excluding hydrogens is 412 g/mol. The quantitative estimate of drug-likeness (QED) is 0.372. The lowest BCUT2D eigenvalue weighted by Gasteiger charge is -2.27. The molecule has 4 aromatic rings. The van der Waals surface area contributed by atoms with Crippen LogP contribution in [0, 0.1) is 10.1 Å². The number of pyridine rings is 1. The van der Waals surface area contributed by atoms with Crippen molar-refractivity contribution in [2.75, 3.05) is 36.9 Å². The van der Waals surface area contributed by atoms with Crippen LogP contribution in [0.5, 0.6) is 0 Å². The van der Waals surface area contributed by atoms with E-state index in [1.54, 1.807) is 30.7 Å². The third-order valence-electron chi connectivity index (χ3n) is 5.28. The number of rotatable bonds is 5. The predicted octanol–water partition coefficient (Wildman–Crippen LogP) is 2.26. The Hall–Kier alpha value is -4.12. The normalized spacial score (nSPS) is 14.1. The highest BCUT2D eigenvalue weighted by atomic mass is 16.6. The summed E-state index contributed by atoms with van der Waals surface area (Å²) in [5.41, 5.74) is 9.27. The highest BCUT2D eigenvalue weighted by molar-refractivity contribution is 5.88. The molecule has 0 spiro atoms. The molecule has 0 atom stereocenters. The van der Waals surface area contributed by atoms with Crippen LogP contribution in [0.2, 0.25) is 0 Å². The molecule has 1 aliphatic rings. The van der Waals surface area contributed by atoms with E-state index in [9.17, 15) is 10.1 Å². The number of nitrogen functional groups attached to an aromatic ring is 1. The van der Waals surface area contributed by atoms with Crippen molar-refractivity contribution in [3.05, 3.63) is 64.6 Å². The Morgan fingerprint density at radius 1 is 1.12 bits per heavy atom. The number of fused-ring (bicyclic) bond motifs is 1. The maximum absolute atomic E-state index is 11.1. The first-order valence-electron chi connectivity index (χ1n) is 10.1. The maximum Gasteiger partial charge on any atom is 0.269 e. The highest BCUT2D eigenvalue weighted by Crippen LogP contribution is 2.28. The van der Waals surface area contributed by atoms with Gasteiger partial charge in [-0.1, -0.05) is 12.1 Å². The summed E-state index contributed by atoms with van der Waals surface area (Å²) in [5, 5.41) is 11.1. The number of nitrogens with zero attached hydrogens (tertiary/aromatic N) is 7. The van der Waals surface area contributed by atoms with Crippen LogP contribution >= 0.6 is 0 Å². The van der Waals surface area contributed by atoms with Crippen LogP contribution in [-0.4, -0.2) is 55.7 Å². The standard InChI is InChI=1S/C21H20N8O3/c22-17-5-4-15(11-23-17)18-19-20(26-21(25-18)27-6-8-32-9-7-27)28(13-24-19)12-14-2-1-3-16(10-14)29(30)31/h1-5,10-11,13H,6-9,12H2,(H2,22,23). The van der Waals surface area contributed by atoms with E-state index in [1.807, 2.05) is 16.7 Å². The summed E-state index contributed by atoms with van der Waals surface area (Å²) in [6, 6.07) is 10.1. The van der Waals surface area contributed by atoms with Gasteiger partial charge in [-0.25, -0.2) is 15.0 Å². The number of imidazole rings is 1. The zero-order chi connectivity index (χ0) is 22.1. The van der Waals surface area contributed by atoms with Gasteiger partial charge in [0, 0.05) is 37.0 Å². The van der Waals surface area contributed by atoms with Crippen molar-refractivity contribution in [3.8, 4) is 11.3 Å². The van der Waals surface area contributed by atoms with Crippen molar-refractivity contribution >= 4 is 28.6 Å². The molecule has 1 aliphatic heterocycles. The molecule has 11 heteroatoms. The first-order valence-corrected chi connectivity index (χ1v) is 10.1. The summed E-state index contributed by atoms with van der Waals surface area (Å²) in [6.07, 6.45) is 3.34. The monoisotopic (exact) mass is 432 g/mol. The van der Waals surface area contributed by atoms with Crippen LogP contribution in [0.3, 0.4) is 0 Å². The van der Waals surface area contributed by atoms with Gasteiger partial charge in [0.15, 0.2) is 5.65 Å². The minimum Gasteiger partial charge on any atom is -0.384 e. The molecule has 32 heavy (non-hydrogen) atoms. The number of nitro benzene ring substituents is 1. The van der Waals surface area contributed by atoms with Crippen LogP contribution < -0.4 is 10.6 Å². The van der Waals surface area contributed by atoms with E-state index in [0.717, 1.165) is 11.1 Å². The number of anilines is 2. The second-order valence-corrected chi connectivity index (χ2v) is 7.42. The van der Waals surface area contributed by atoms with Crippen LogP contribution in [0.25, 0.3) is 22.4 Å². The largest absolute Gasteiger partial charge is 0.384 e. The molecule has 0 saturated carbocycles. The van der Waals surface area contributed by atoms with E-state index in [4.69, 9.17) is 20.4 Å². The summed E-state index contributed by atoms with van der Waals surface area (Å²) >= 11 is 0. The van der Waals surface area contributed by atoms with Gasteiger partial charge in [-0.3, -0.25) is 10.1 Å². The molecule has 1 fully saturated rings. The molecule has 5 rings (SSSR count). The Bertz CT molecular complexity index is 1280. The number of aromatic nitrogens is 5. The number of ether oxygens (including phenoxy) is 1. The Kier molecular flexibility index (Phi) is 5.07. The smallest absolute Gasteiger partial charge is 0.269 e. The van der Waals surface area contributed by atoms with Gasteiger partial charge >= 0.3 is 0 Å². The molecule has 1 saturated heterocycles. The van der Waals surface area contributed by atoms with Crippen LogP contribution in [0.1, 0.15) is 5.56 Å². The first-order chi connectivity index (χ1) is 15.6. The summed E-state index contributed by atoms with van der Waals surface area (Å²) in [6.45, 7) is 2.96. The third-order valence-corrected chi connectivity index (χ3v) is 5.28. The average molecular weight is 432 g/mol. The van der Waals surface area contributed by atoms with Crippen molar-refractivity contribution in [1.82, 2.24) is 24.5 Å². The molecule has 0 amide bonds. The fraction of sp³-hybridized carbons (Fsp3) is 0.238. The molecule has 0 radical (unpaired) electrons. The lowest BCUT2D eigenvalue weighted by molar-refractivity contribution is -0.384. The zero-order valence-corrected chi connectivity index (χ0v) is 17.1. The SMILES string of the molecule is Nc1ccc(-c2nc(N3CCOCC3)nc3c2ncn3Cc2cccc([N+](=O)[O-])c2)cn1. The molecule has 2 N–H and O–H groups in total. The Labute approximate surface area is 182 Å². The lowest BCUT2D eigenvalue weighted by Crippen LogP contribution is -2.37. The third kappa shape index (κ3) is 3.81. The van der Waals surface area contributed by atoms with E-state index in [0.29, 0.717) is 61.5 Å². The van der Waals surface area contributed by atoms with Gasteiger partial charge in [0.05, 0.1) is 31.0 Å². The van der Waals surface area contributed by atoms with Crippen LogP contribution in [0.4, 0.5) is 17.5 Å². The van der Waals surface area contributed by atoms with E-state index < -0.39 is 4.92 Å². The van der Waals surface area contributed by atoms with E-state index in [1.165, 1.54) is 6.07 Å². The van der Waals surface area contributed by atoms with Gasteiger partial charge in [-0.15, -0.1) is 0 Å². The molecule has 162 valence electrons. The van der Waals surface area contributed by atoms with Crippen molar-refractivity contribution in [2.45, 2.75) is 6.54 Å². The minimum atomic E-state index is -0.402. The summed E-state index contributed by atoms with van der Waals surface area (Å²) in [5.74, 6) is 0.997. The average Bonchev–Trinajstić information content (AvgIpc) is 3.22. The predicted molar refractivity (Wildman–Crippen MR) is 118 cm³/mol. The Morgan fingerprint density at radius 3 is 2.72 bits per heavy atom. The summed E-state index contributed by atoms with van der Waals surface area (Å²) < 4.78 is 7.33. The van der Waals surface area contributed by atoms with E-state index in [-0.39, 0.29) is 5.69 Å². The number of morpholine rings is 1. The fourth-order valence-electron chi connectivity index (χ4n) is 3.66. The molecule has 1 aromatic carbocycles. The van der Waals surface area contributed by atoms with Crippen molar-refractivity contribution < 1.29 is 9.66 Å². The van der Waals surface area contributed by atoms with Crippen molar-refractivity contribution in [2.24, 2.45) is 0 Å². The number of hydrogen-bond donors (Lipinski definition) is 1. The van der Waals surface area contributed by atoms with Crippen molar-refractivity contribution in [1.29, 1.82) is 0 Å². The molecule has 4 heterocycles. The Morgan fingerprint density at radius 2 is 1.97 bits per heavy atom. The van der Waals surface area contributed by atoms with Gasteiger partial charge in [-0.05, 0) is 17.7 Å². The van der Waals surface area contributed by atoms with Crippen molar-refractivity contribution in [3.63, 3.8) is 0 Å². The highest BCUT2D eigenvalue weighted by Gasteiger charge is 2.20. The molecule has 0 unspecified atom stereocenters. The second kappa shape index (κ2) is 8.19. The van der Waals surface area contributed by atoms with Gasteiger partial charge < -0.3 is 19.9 Å². The first kappa shape index (κ1) is 19.8. The molecule has 0 aliphatic carbocycles. The number of nitro groups is 1. The molecular formula is C21H20N8O3. The molecule has 11 nitrogen and oxygen atoms in total. The van der Waals surface area contributed by atoms with Gasteiger partial charge in [0.1, 0.15) is 17.0 Å². The topological polar surface area (TPSA) is 138 Å². The lowest BCUT2D eigenvalue weighted by atomic mass is 10.2. The minimum absolute atomic E-state index is 0.0455. The van der Waals surface area contributed by atoms with Gasteiger partial charge in [0.2, 0.25) is 5.95 Å². The Balaban J connectivity index is 1.62. The fourth-order valence-corrected chi connectivity index (χ4v) is 3.66. The summed E-state index contributed by atoms with van der Waals surface area (Å²) in [4.78, 5) is 31.2. The number of hydrogen-bond acceptors (Lipinski definition) is 9.